The van der Waals surface area contributed by atoms with Crippen molar-refractivity contribution in [3.63, 3.8) is 0 Å². The quantitative estimate of drug-likeness (QED) is 0.482. The molecule has 0 saturated heterocycles. The predicted molar refractivity (Wildman–Crippen MR) is 29.1 cm³/mol. The zero-order chi connectivity index (χ0) is 2.71. The second-order valence-corrected chi connectivity index (χ2v) is 0.500. The molecule has 0 aromatic heterocycles. The molecule has 0 bridgehead atoms. The van der Waals surface area contributed by atoms with E-state index in [0.717, 1.165) is 6.42 Å². The summed E-state index contributed by atoms with van der Waals surface area (Å²) in [4.78, 5) is 0. The Balaban J connectivity index is -0.00000000667. The molecular formula is C5H15Y-. The van der Waals surface area contributed by atoms with Crippen LogP contribution in [0.2, 0.25) is 0 Å². The van der Waals surface area contributed by atoms with Crippen molar-refractivity contribution < 1.29 is 32.7 Å². The van der Waals surface area contributed by atoms with E-state index < -0.39 is 0 Å². The molecule has 0 aromatic rings. The summed E-state index contributed by atoms with van der Waals surface area (Å²) in [7, 11) is 0. The Morgan fingerprint density at radius 3 is 1.33 bits per heavy atom. The third kappa shape index (κ3) is 70.5. The minimum atomic E-state index is 0. The average molecular weight is 164 g/mol. The van der Waals surface area contributed by atoms with Crippen molar-refractivity contribution in [2.75, 3.05) is 0 Å². The van der Waals surface area contributed by atoms with Gasteiger partial charge in [0.25, 0.3) is 0 Å². The van der Waals surface area contributed by atoms with Gasteiger partial charge in [0.2, 0.25) is 0 Å². The molecular weight excluding hydrogens is 149 g/mol. The van der Waals surface area contributed by atoms with Gasteiger partial charge in [-0.25, -0.2) is 0 Å². The summed E-state index contributed by atoms with van der Waals surface area (Å²) in [5.74, 6) is 0. The summed E-state index contributed by atoms with van der Waals surface area (Å²) < 4.78 is 0. The molecule has 0 N–H and O–H groups in total. The van der Waals surface area contributed by atoms with E-state index in [1.54, 1.807) is 0 Å². The van der Waals surface area contributed by atoms with E-state index in [1.807, 2.05) is 6.92 Å². The van der Waals surface area contributed by atoms with Gasteiger partial charge in [0.1, 0.15) is 0 Å². The molecule has 0 aliphatic carbocycles. The summed E-state index contributed by atoms with van der Waals surface area (Å²) in [5.41, 5.74) is 0. The molecule has 0 fully saturated rings. The smallest absolute Gasteiger partial charge is 0 e. The summed E-state index contributed by atoms with van der Waals surface area (Å²) >= 11 is 0. The molecule has 0 saturated carbocycles. The number of hydrogen-bond donors (Lipinski definition) is 0. The second-order valence-electron chi connectivity index (χ2n) is 0.500. The first-order chi connectivity index (χ1) is 1.41. The third-order valence-corrected chi connectivity index (χ3v) is 0. The van der Waals surface area contributed by atoms with Gasteiger partial charge in [0.15, 0.2) is 0 Å². The van der Waals surface area contributed by atoms with Gasteiger partial charge in [-0.05, 0) is 0 Å². The van der Waals surface area contributed by atoms with Crippen LogP contribution < -0.4 is 0 Å². The van der Waals surface area contributed by atoms with Crippen LogP contribution in [0.5, 0.6) is 0 Å². The van der Waals surface area contributed by atoms with Crippen LogP contribution in [0.3, 0.4) is 0 Å². The van der Waals surface area contributed by atoms with E-state index in [0.29, 0.717) is 0 Å². The van der Waals surface area contributed by atoms with Crippen molar-refractivity contribution in [1.82, 2.24) is 0 Å². The van der Waals surface area contributed by atoms with Crippen LogP contribution in [0.1, 0.15) is 28.2 Å². The van der Waals surface area contributed by atoms with Crippen molar-refractivity contribution in [3.05, 3.63) is 6.92 Å². The summed E-state index contributed by atoms with van der Waals surface area (Å²) in [6.07, 6.45) is 1.00. The van der Waals surface area contributed by atoms with Crippen LogP contribution in [-0.2, 0) is 32.7 Å². The molecule has 0 aliphatic rings. The maximum Gasteiger partial charge on any atom is 0 e. The third-order valence-electron chi connectivity index (χ3n) is 0. The predicted octanol–water partition coefficient (Wildman–Crippen LogP) is 2.50. The Bertz CT molecular complexity index is 3.90. The Kier molecular flexibility index (Phi) is 164. The van der Waals surface area contributed by atoms with Gasteiger partial charge in [0.05, 0.1) is 0 Å². The van der Waals surface area contributed by atoms with Gasteiger partial charge in [-0.1, -0.05) is 21.8 Å². The van der Waals surface area contributed by atoms with E-state index in [4.69, 9.17) is 0 Å². The van der Waals surface area contributed by atoms with Gasteiger partial charge in [0, 0.05) is 32.7 Å². The minimum Gasteiger partial charge on any atom is -0.344 e. The monoisotopic (exact) mass is 164 g/mol. The first kappa shape index (κ1) is 27.5. The van der Waals surface area contributed by atoms with Crippen LogP contribution in [0.15, 0.2) is 0 Å². The van der Waals surface area contributed by atoms with Gasteiger partial charge in [-0.2, -0.15) is 6.42 Å². The molecule has 0 unspecified atom stereocenters. The molecule has 39 valence electrons. The van der Waals surface area contributed by atoms with Crippen molar-refractivity contribution in [2.24, 2.45) is 0 Å². The number of hydrogen-bond acceptors (Lipinski definition) is 0. The first-order valence-corrected chi connectivity index (χ1v) is 1.21. The molecule has 1 heteroatoms. The fourth-order valence-electron chi connectivity index (χ4n) is 0. The van der Waals surface area contributed by atoms with Gasteiger partial charge in [-0.15, -0.1) is 0 Å². The van der Waals surface area contributed by atoms with E-state index in [1.165, 1.54) is 0 Å². The Labute approximate surface area is 67.6 Å². The Hall–Kier alpha value is 1.10. The molecule has 1 radical (unpaired) electrons. The van der Waals surface area contributed by atoms with Crippen molar-refractivity contribution in [2.45, 2.75) is 28.2 Å². The number of rotatable bonds is 0. The van der Waals surface area contributed by atoms with Crippen LogP contribution >= 0.6 is 0 Å². The molecule has 0 amide bonds. The average Bonchev–Trinajstić information content (AvgIpc) is 0.918. The van der Waals surface area contributed by atoms with Crippen molar-refractivity contribution >= 4 is 0 Å². The van der Waals surface area contributed by atoms with Gasteiger partial charge >= 0.3 is 0 Å². The van der Waals surface area contributed by atoms with Gasteiger partial charge < -0.3 is 6.92 Å². The molecule has 0 atom stereocenters. The maximum atomic E-state index is 3.49. The van der Waals surface area contributed by atoms with Crippen LogP contribution in [0.25, 0.3) is 0 Å². The molecule has 0 rings (SSSR count). The first-order valence-electron chi connectivity index (χ1n) is 1.21. The fraction of sp³-hybridized carbons (Fsp3) is 0.800. The van der Waals surface area contributed by atoms with Crippen LogP contribution in [0.4, 0.5) is 0 Å². The molecule has 0 aliphatic heterocycles. The molecule has 0 heterocycles. The summed E-state index contributed by atoms with van der Waals surface area (Å²) in [6.45, 7) is 5.50. The van der Waals surface area contributed by atoms with E-state index >= 15 is 0 Å². The zero-order valence-electron chi connectivity index (χ0n) is 2.99. The Morgan fingerprint density at radius 1 is 1.33 bits per heavy atom. The molecule has 0 spiro atoms. The van der Waals surface area contributed by atoms with Gasteiger partial charge in [-0.3, -0.25) is 0 Å². The van der Waals surface area contributed by atoms with Crippen LogP contribution in [-0.4, -0.2) is 0 Å². The fourth-order valence-corrected chi connectivity index (χ4v) is 0. The second kappa shape index (κ2) is 35.9. The minimum absolute atomic E-state index is 0. The maximum absolute atomic E-state index is 3.49. The zero-order valence-corrected chi connectivity index (χ0v) is 5.83. The van der Waals surface area contributed by atoms with Crippen molar-refractivity contribution in [3.8, 4) is 0 Å². The molecule has 6 heavy (non-hydrogen) atoms. The molecule has 0 aromatic carbocycles. The summed E-state index contributed by atoms with van der Waals surface area (Å²) in [6, 6.07) is 0. The SMILES string of the molecule is C.C.[CH2-]CC.[Y]. The molecule has 0 nitrogen and oxygen atoms in total. The Morgan fingerprint density at radius 2 is 1.33 bits per heavy atom. The van der Waals surface area contributed by atoms with E-state index in [9.17, 15) is 0 Å². The van der Waals surface area contributed by atoms with Crippen LogP contribution in [0, 0.1) is 6.92 Å². The van der Waals surface area contributed by atoms with E-state index in [-0.39, 0.29) is 47.6 Å². The van der Waals surface area contributed by atoms with Crippen molar-refractivity contribution in [1.29, 1.82) is 0 Å². The standard InChI is InChI=1S/C3H7.2CH4.Y/c1-3-2;;;/h1,3H2,2H3;2*1H4;/q-1;;;. The normalized spacial score (nSPS) is 3.00. The van der Waals surface area contributed by atoms with E-state index in [2.05, 4.69) is 6.92 Å². The largest absolute Gasteiger partial charge is 0.344 e. The topological polar surface area (TPSA) is 0 Å². The summed E-state index contributed by atoms with van der Waals surface area (Å²) in [5, 5.41) is 0.